The maximum absolute atomic E-state index is 9.99. The van der Waals surface area contributed by atoms with E-state index in [0.29, 0.717) is 11.5 Å². The number of nitrogens with zero attached hydrogens (tertiary/aromatic N) is 3. The van der Waals surface area contributed by atoms with Crippen molar-refractivity contribution in [3.05, 3.63) is 58.8 Å². The van der Waals surface area contributed by atoms with Crippen LogP contribution in [-0.2, 0) is 0 Å². The summed E-state index contributed by atoms with van der Waals surface area (Å²) in [5, 5.41) is 16.0. The molecule has 5 nitrogen and oxygen atoms in total. The summed E-state index contributed by atoms with van der Waals surface area (Å²) in [7, 11) is 0. The van der Waals surface area contributed by atoms with Crippen LogP contribution in [0.2, 0.25) is 0 Å². The Morgan fingerprint density at radius 3 is 2.67 bits per heavy atom. The van der Waals surface area contributed by atoms with Crippen LogP contribution in [0.25, 0.3) is 10.8 Å². The average Bonchev–Trinajstić information content (AvgIpc) is 2.51. The maximum atomic E-state index is 9.99. The third-order valence-electron chi connectivity index (χ3n) is 2.93. The summed E-state index contributed by atoms with van der Waals surface area (Å²) in [5.41, 5.74) is 3.38. The molecule has 3 aromatic rings. The van der Waals surface area contributed by atoms with Gasteiger partial charge in [-0.1, -0.05) is 30.3 Å². The number of fused-ring (bicyclic) bond motifs is 1. The molecule has 0 amide bonds. The molecule has 0 atom stereocenters. The first-order chi connectivity index (χ1) is 10.2. The number of anilines is 1. The number of aromatic nitrogens is 2. The topological polar surface area (TPSA) is 70.4 Å². The minimum atomic E-state index is 0.177. The van der Waals surface area contributed by atoms with Gasteiger partial charge < -0.3 is 5.11 Å². The summed E-state index contributed by atoms with van der Waals surface area (Å²) in [6.07, 6.45) is 4.81. The predicted octanol–water partition coefficient (Wildman–Crippen LogP) is 3.54. The molecular formula is C15H11BrN4O. The number of phenolic OH excluding ortho intramolecular Hbond substituents is 1. The Hall–Kier alpha value is -2.47. The highest BCUT2D eigenvalue weighted by molar-refractivity contribution is 9.10. The Labute approximate surface area is 129 Å². The second-order valence-corrected chi connectivity index (χ2v) is 5.23. The van der Waals surface area contributed by atoms with E-state index in [4.69, 9.17) is 0 Å². The number of aromatic hydroxyl groups is 1. The molecule has 104 valence electrons. The van der Waals surface area contributed by atoms with E-state index in [1.54, 1.807) is 24.7 Å². The van der Waals surface area contributed by atoms with Gasteiger partial charge in [0.2, 0.25) is 5.95 Å². The minimum absolute atomic E-state index is 0.177. The summed E-state index contributed by atoms with van der Waals surface area (Å²) in [6.45, 7) is 0. The van der Waals surface area contributed by atoms with E-state index in [1.807, 2.05) is 30.3 Å². The van der Waals surface area contributed by atoms with E-state index >= 15 is 0 Å². The van der Waals surface area contributed by atoms with Crippen LogP contribution in [0.5, 0.6) is 5.75 Å². The van der Waals surface area contributed by atoms with Crippen molar-refractivity contribution in [2.45, 2.75) is 0 Å². The highest BCUT2D eigenvalue weighted by atomic mass is 79.9. The largest absolute Gasteiger partial charge is 0.507 e. The zero-order chi connectivity index (χ0) is 14.7. The summed E-state index contributed by atoms with van der Waals surface area (Å²) in [6, 6.07) is 11.3. The molecular weight excluding hydrogens is 332 g/mol. The van der Waals surface area contributed by atoms with Gasteiger partial charge in [0.1, 0.15) is 5.75 Å². The number of hydrogen-bond acceptors (Lipinski definition) is 5. The molecule has 0 fully saturated rings. The highest BCUT2D eigenvalue weighted by Gasteiger charge is 2.04. The summed E-state index contributed by atoms with van der Waals surface area (Å²) >= 11 is 3.26. The number of hydrazone groups is 1. The van der Waals surface area contributed by atoms with Gasteiger partial charge in [-0.25, -0.2) is 15.4 Å². The van der Waals surface area contributed by atoms with Gasteiger partial charge >= 0.3 is 0 Å². The normalized spacial score (nSPS) is 11.1. The van der Waals surface area contributed by atoms with E-state index in [-0.39, 0.29) is 5.75 Å². The molecule has 0 saturated carbocycles. The lowest BCUT2D eigenvalue weighted by Gasteiger charge is -2.04. The van der Waals surface area contributed by atoms with E-state index in [9.17, 15) is 5.11 Å². The van der Waals surface area contributed by atoms with Crippen molar-refractivity contribution in [2.75, 3.05) is 5.43 Å². The zero-order valence-corrected chi connectivity index (χ0v) is 12.4. The average molecular weight is 343 g/mol. The zero-order valence-electron chi connectivity index (χ0n) is 10.9. The minimum Gasteiger partial charge on any atom is -0.507 e. The Balaban J connectivity index is 1.89. The van der Waals surface area contributed by atoms with Crippen LogP contribution in [-0.4, -0.2) is 21.3 Å². The summed E-state index contributed by atoms with van der Waals surface area (Å²) in [5.74, 6) is 0.560. The van der Waals surface area contributed by atoms with Crippen molar-refractivity contribution in [1.82, 2.24) is 9.97 Å². The van der Waals surface area contributed by atoms with Crippen LogP contribution in [0.1, 0.15) is 5.56 Å². The number of nitrogens with one attached hydrogen (secondary N) is 1. The Kier molecular flexibility index (Phi) is 3.79. The van der Waals surface area contributed by atoms with Crippen LogP contribution >= 0.6 is 15.9 Å². The smallest absolute Gasteiger partial charge is 0.243 e. The molecule has 3 rings (SSSR count). The predicted molar refractivity (Wildman–Crippen MR) is 86.6 cm³/mol. The number of halogens is 1. The van der Waals surface area contributed by atoms with Crippen molar-refractivity contribution in [1.29, 1.82) is 0 Å². The molecule has 0 saturated heterocycles. The van der Waals surface area contributed by atoms with Gasteiger partial charge in [-0.15, -0.1) is 0 Å². The fraction of sp³-hybridized carbons (Fsp3) is 0. The van der Waals surface area contributed by atoms with Gasteiger partial charge in [0.25, 0.3) is 0 Å². The molecule has 0 unspecified atom stereocenters. The standard InChI is InChI=1S/C15H11BrN4O/c16-11-7-17-15(18-8-11)20-19-9-13-12-4-2-1-3-10(12)5-6-14(13)21/h1-9,21H,(H,17,18,20). The van der Waals surface area contributed by atoms with Gasteiger partial charge in [0.15, 0.2) is 0 Å². The lowest BCUT2D eigenvalue weighted by molar-refractivity contribution is 0.475. The van der Waals surface area contributed by atoms with Gasteiger partial charge in [0.05, 0.1) is 10.7 Å². The highest BCUT2D eigenvalue weighted by Crippen LogP contribution is 2.25. The van der Waals surface area contributed by atoms with E-state index in [2.05, 4.69) is 36.4 Å². The molecule has 2 aromatic carbocycles. The first-order valence-electron chi connectivity index (χ1n) is 6.21. The summed E-state index contributed by atoms with van der Waals surface area (Å²) < 4.78 is 0.795. The van der Waals surface area contributed by atoms with Crippen molar-refractivity contribution in [2.24, 2.45) is 5.10 Å². The third-order valence-corrected chi connectivity index (χ3v) is 3.34. The van der Waals surface area contributed by atoms with Gasteiger partial charge in [-0.3, -0.25) is 0 Å². The second kappa shape index (κ2) is 5.88. The number of benzene rings is 2. The maximum Gasteiger partial charge on any atom is 0.243 e. The van der Waals surface area contributed by atoms with E-state index < -0.39 is 0 Å². The Morgan fingerprint density at radius 1 is 1.10 bits per heavy atom. The van der Waals surface area contributed by atoms with E-state index in [1.165, 1.54) is 0 Å². The van der Waals surface area contributed by atoms with Crippen LogP contribution in [0.3, 0.4) is 0 Å². The van der Waals surface area contributed by atoms with Crippen LogP contribution in [0.4, 0.5) is 5.95 Å². The molecule has 0 aliphatic carbocycles. The number of rotatable bonds is 3. The SMILES string of the molecule is Oc1ccc2ccccc2c1C=NNc1ncc(Br)cn1. The quantitative estimate of drug-likeness (QED) is 0.564. The Bertz CT molecular complexity index is 802. The van der Waals surface area contributed by atoms with Gasteiger partial charge in [-0.05, 0) is 32.8 Å². The van der Waals surface area contributed by atoms with Crippen LogP contribution in [0, 0.1) is 0 Å². The molecule has 2 N–H and O–H groups in total. The number of phenols is 1. The van der Waals surface area contributed by atoms with E-state index in [0.717, 1.165) is 15.2 Å². The molecule has 1 aromatic heterocycles. The summed E-state index contributed by atoms with van der Waals surface area (Å²) in [4.78, 5) is 8.10. The molecule has 0 aliphatic rings. The fourth-order valence-electron chi connectivity index (χ4n) is 1.94. The molecule has 0 bridgehead atoms. The molecule has 1 heterocycles. The van der Waals surface area contributed by atoms with Gasteiger partial charge in [0, 0.05) is 18.0 Å². The fourth-order valence-corrected chi connectivity index (χ4v) is 2.15. The van der Waals surface area contributed by atoms with Crippen LogP contribution < -0.4 is 5.43 Å². The molecule has 21 heavy (non-hydrogen) atoms. The van der Waals surface area contributed by atoms with Crippen molar-refractivity contribution in [3.8, 4) is 5.75 Å². The van der Waals surface area contributed by atoms with Crippen molar-refractivity contribution >= 4 is 38.9 Å². The number of hydrogen-bond donors (Lipinski definition) is 2. The van der Waals surface area contributed by atoms with Crippen molar-refractivity contribution < 1.29 is 5.11 Å². The molecule has 0 aliphatic heterocycles. The van der Waals surface area contributed by atoms with Gasteiger partial charge in [-0.2, -0.15) is 5.10 Å². The first kappa shape index (κ1) is 13.5. The monoisotopic (exact) mass is 342 g/mol. The lowest BCUT2D eigenvalue weighted by atomic mass is 10.0. The molecule has 0 radical (unpaired) electrons. The molecule has 6 heteroatoms. The third kappa shape index (κ3) is 3.00. The second-order valence-electron chi connectivity index (χ2n) is 4.31. The lowest BCUT2D eigenvalue weighted by Crippen LogP contribution is -1.96. The first-order valence-corrected chi connectivity index (χ1v) is 7.01. The molecule has 0 spiro atoms. The Morgan fingerprint density at radius 2 is 1.86 bits per heavy atom. The van der Waals surface area contributed by atoms with Crippen LogP contribution in [0.15, 0.2) is 58.4 Å². The van der Waals surface area contributed by atoms with Crippen molar-refractivity contribution in [3.63, 3.8) is 0 Å².